The number of aryl methyl sites for hydroxylation is 1. The van der Waals surface area contributed by atoms with Gasteiger partial charge in [0.1, 0.15) is 11.6 Å². The predicted octanol–water partition coefficient (Wildman–Crippen LogP) is 1.01. The highest BCUT2D eigenvalue weighted by Gasteiger charge is 2.32. The quantitative estimate of drug-likeness (QED) is 0.728. The molecule has 0 amide bonds. The fourth-order valence-corrected chi connectivity index (χ4v) is 2.53. The number of H-pyrrole nitrogens is 1. The standard InChI is InChI=1S/C12H20N4O/c1-9-15-10(6-11(17)16-9)14-8-12(7-13)4-2-3-5-12/h6H,2-5,7-8,13H2,1H3,(H2,14,15,16,17). The molecule has 1 fully saturated rings. The lowest BCUT2D eigenvalue weighted by Crippen LogP contribution is -2.35. The Bertz CT molecular complexity index is 434. The first-order valence-corrected chi connectivity index (χ1v) is 6.15. The van der Waals surface area contributed by atoms with E-state index in [4.69, 9.17) is 5.73 Å². The van der Waals surface area contributed by atoms with Crippen molar-refractivity contribution in [1.82, 2.24) is 9.97 Å². The average Bonchev–Trinajstić information content (AvgIpc) is 2.74. The van der Waals surface area contributed by atoms with E-state index >= 15 is 0 Å². The third kappa shape index (κ3) is 2.85. The van der Waals surface area contributed by atoms with Crippen molar-refractivity contribution in [2.24, 2.45) is 11.1 Å². The highest BCUT2D eigenvalue weighted by molar-refractivity contribution is 5.33. The van der Waals surface area contributed by atoms with Crippen molar-refractivity contribution in [3.05, 3.63) is 22.2 Å². The van der Waals surface area contributed by atoms with Gasteiger partial charge in [0.15, 0.2) is 0 Å². The topological polar surface area (TPSA) is 83.8 Å². The SMILES string of the molecule is Cc1nc(NCC2(CN)CCCC2)cc(=O)[nH]1. The molecule has 0 radical (unpaired) electrons. The van der Waals surface area contributed by atoms with E-state index in [2.05, 4.69) is 15.3 Å². The lowest BCUT2D eigenvalue weighted by atomic mass is 9.86. The van der Waals surface area contributed by atoms with Gasteiger partial charge in [-0.25, -0.2) is 4.98 Å². The van der Waals surface area contributed by atoms with Gasteiger partial charge in [-0.15, -0.1) is 0 Å². The minimum absolute atomic E-state index is 0.117. The van der Waals surface area contributed by atoms with Gasteiger partial charge >= 0.3 is 0 Å². The van der Waals surface area contributed by atoms with E-state index in [-0.39, 0.29) is 11.0 Å². The van der Waals surface area contributed by atoms with Gasteiger partial charge in [-0.1, -0.05) is 12.8 Å². The monoisotopic (exact) mass is 236 g/mol. The second-order valence-electron chi connectivity index (χ2n) is 4.98. The molecule has 0 aliphatic heterocycles. The third-order valence-corrected chi connectivity index (χ3v) is 3.60. The number of nitrogens with one attached hydrogen (secondary N) is 2. The summed E-state index contributed by atoms with van der Waals surface area (Å²) in [6.07, 6.45) is 4.83. The van der Waals surface area contributed by atoms with E-state index in [0.717, 1.165) is 6.54 Å². The van der Waals surface area contributed by atoms with Gasteiger partial charge in [0, 0.05) is 12.6 Å². The van der Waals surface area contributed by atoms with Crippen LogP contribution in [0, 0.1) is 12.3 Å². The molecule has 4 N–H and O–H groups in total. The Hall–Kier alpha value is -1.36. The molecule has 17 heavy (non-hydrogen) atoms. The van der Waals surface area contributed by atoms with Crippen LogP contribution in [0.1, 0.15) is 31.5 Å². The fraction of sp³-hybridized carbons (Fsp3) is 0.667. The van der Waals surface area contributed by atoms with Crippen molar-refractivity contribution in [2.75, 3.05) is 18.4 Å². The van der Waals surface area contributed by atoms with Crippen molar-refractivity contribution >= 4 is 5.82 Å². The molecule has 0 bridgehead atoms. The highest BCUT2D eigenvalue weighted by Crippen LogP contribution is 2.36. The highest BCUT2D eigenvalue weighted by atomic mass is 16.1. The summed E-state index contributed by atoms with van der Waals surface area (Å²) in [5, 5.41) is 3.25. The normalized spacial score (nSPS) is 18.2. The van der Waals surface area contributed by atoms with Crippen LogP contribution in [0.15, 0.2) is 10.9 Å². The molecule has 0 spiro atoms. The molecule has 94 valence electrons. The third-order valence-electron chi connectivity index (χ3n) is 3.60. The van der Waals surface area contributed by atoms with Gasteiger partial charge in [-0.05, 0) is 31.7 Å². The Morgan fingerprint density at radius 1 is 1.53 bits per heavy atom. The molecule has 0 unspecified atom stereocenters. The minimum Gasteiger partial charge on any atom is -0.369 e. The average molecular weight is 236 g/mol. The molecule has 1 aromatic heterocycles. The van der Waals surface area contributed by atoms with Crippen LogP contribution in [0.4, 0.5) is 5.82 Å². The van der Waals surface area contributed by atoms with Crippen molar-refractivity contribution in [3.8, 4) is 0 Å². The molecule has 2 rings (SSSR count). The van der Waals surface area contributed by atoms with Gasteiger partial charge in [0.05, 0.1) is 0 Å². The summed E-state index contributed by atoms with van der Waals surface area (Å²) >= 11 is 0. The van der Waals surface area contributed by atoms with Gasteiger partial charge in [-0.2, -0.15) is 0 Å². The van der Waals surface area contributed by atoms with E-state index in [9.17, 15) is 4.79 Å². The van der Waals surface area contributed by atoms with E-state index < -0.39 is 0 Å². The molecule has 0 saturated heterocycles. The summed E-state index contributed by atoms with van der Waals surface area (Å²) in [7, 11) is 0. The molecule has 5 heteroatoms. The van der Waals surface area contributed by atoms with Crippen LogP contribution in [0.3, 0.4) is 0 Å². The summed E-state index contributed by atoms with van der Waals surface area (Å²) in [6, 6.07) is 1.49. The number of nitrogens with zero attached hydrogens (tertiary/aromatic N) is 1. The first kappa shape index (κ1) is 12.1. The van der Waals surface area contributed by atoms with E-state index in [1.807, 2.05) is 0 Å². The second-order valence-corrected chi connectivity index (χ2v) is 4.98. The Balaban J connectivity index is 2.03. The Kier molecular flexibility index (Phi) is 3.47. The van der Waals surface area contributed by atoms with Crippen LogP contribution in [0.5, 0.6) is 0 Å². The number of hydrogen-bond donors (Lipinski definition) is 3. The number of anilines is 1. The van der Waals surface area contributed by atoms with Crippen LogP contribution in [0.25, 0.3) is 0 Å². The molecule has 1 aliphatic rings. The summed E-state index contributed by atoms with van der Waals surface area (Å²) < 4.78 is 0. The van der Waals surface area contributed by atoms with Crippen molar-refractivity contribution in [1.29, 1.82) is 0 Å². The number of nitrogens with two attached hydrogens (primary N) is 1. The van der Waals surface area contributed by atoms with Crippen LogP contribution >= 0.6 is 0 Å². The van der Waals surface area contributed by atoms with Crippen LogP contribution in [-0.2, 0) is 0 Å². The van der Waals surface area contributed by atoms with Gasteiger partial charge in [0.2, 0.25) is 0 Å². The fourth-order valence-electron chi connectivity index (χ4n) is 2.53. The first-order chi connectivity index (χ1) is 8.13. The molecular weight excluding hydrogens is 216 g/mol. The summed E-state index contributed by atoms with van der Waals surface area (Å²) in [4.78, 5) is 18.2. The number of aromatic amines is 1. The minimum atomic E-state index is -0.117. The maximum atomic E-state index is 11.3. The van der Waals surface area contributed by atoms with Crippen LogP contribution in [-0.4, -0.2) is 23.1 Å². The lowest BCUT2D eigenvalue weighted by Gasteiger charge is -2.27. The zero-order valence-electron chi connectivity index (χ0n) is 10.3. The summed E-state index contributed by atoms with van der Waals surface area (Å²) in [5.41, 5.74) is 5.94. The molecular formula is C12H20N4O. The molecule has 1 heterocycles. The lowest BCUT2D eigenvalue weighted by molar-refractivity contribution is 0.332. The maximum absolute atomic E-state index is 11.3. The second kappa shape index (κ2) is 4.87. The van der Waals surface area contributed by atoms with Gasteiger partial charge in [0.25, 0.3) is 5.56 Å². The Labute approximate surface area is 101 Å². The summed E-state index contributed by atoms with van der Waals surface area (Å²) in [5.74, 6) is 1.28. The first-order valence-electron chi connectivity index (χ1n) is 6.15. The van der Waals surface area contributed by atoms with E-state index in [0.29, 0.717) is 18.2 Å². The van der Waals surface area contributed by atoms with E-state index in [1.54, 1.807) is 6.92 Å². The maximum Gasteiger partial charge on any atom is 0.252 e. The molecule has 5 nitrogen and oxygen atoms in total. The number of hydrogen-bond acceptors (Lipinski definition) is 4. The molecule has 1 saturated carbocycles. The van der Waals surface area contributed by atoms with Crippen LogP contribution < -0.4 is 16.6 Å². The Morgan fingerprint density at radius 2 is 2.24 bits per heavy atom. The van der Waals surface area contributed by atoms with Crippen molar-refractivity contribution in [2.45, 2.75) is 32.6 Å². The Morgan fingerprint density at radius 3 is 2.82 bits per heavy atom. The molecule has 0 atom stereocenters. The largest absolute Gasteiger partial charge is 0.369 e. The van der Waals surface area contributed by atoms with Gasteiger partial charge < -0.3 is 16.0 Å². The zero-order valence-corrected chi connectivity index (χ0v) is 10.3. The van der Waals surface area contributed by atoms with Crippen molar-refractivity contribution in [3.63, 3.8) is 0 Å². The molecule has 1 aromatic rings. The molecule has 1 aliphatic carbocycles. The number of aromatic nitrogens is 2. The number of rotatable bonds is 4. The smallest absolute Gasteiger partial charge is 0.252 e. The van der Waals surface area contributed by atoms with E-state index in [1.165, 1.54) is 31.7 Å². The van der Waals surface area contributed by atoms with Crippen LogP contribution in [0.2, 0.25) is 0 Å². The van der Waals surface area contributed by atoms with Crippen molar-refractivity contribution < 1.29 is 0 Å². The summed E-state index contributed by atoms with van der Waals surface area (Å²) in [6.45, 7) is 3.28. The zero-order chi connectivity index (χ0) is 12.3. The predicted molar refractivity (Wildman–Crippen MR) is 68.0 cm³/mol. The van der Waals surface area contributed by atoms with Gasteiger partial charge in [-0.3, -0.25) is 4.79 Å². The molecule has 0 aromatic carbocycles.